The van der Waals surface area contributed by atoms with Gasteiger partial charge in [0.2, 0.25) is 5.91 Å². The van der Waals surface area contributed by atoms with Gasteiger partial charge >= 0.3 is 0 Å². The SMILES string of the molecule is CCC(=N)NC(=O)C1CCC(NC)(N(C)CC)CC1. The largest absolute Gasteiger partial charge is 0.314 e. The van der Waals surface area contributed by atoms with Crippen molar-refractivity contribution in [3.8, 4) is 0 Å². The molecule has 1 aliphatic carbocycles. The van der Waals surface area contributed by atoms with E-state index < -0.39 is 0 Å². The second-order valence-corrected chi connectivity index (χ2v) is 5.39. The van der Waals surface area contributed by atoms with Crippen LogP contribution in [0.2, 0.25) is 0 Å². The summed E-state index contributed by atoms with van der Waals surface area (Å²) >= 11 is 0. The number of amidine groups is 1. The molecule has 1 fully saturated rings. The van der Waals surface area contributed by atoms with Gasteiger partial charge in [-0.15, -0.1) is 0 Å². The van der Waals surface area contributed by atoms with Gasteiger partial charge in [-0.3, -0.25) is 15.1 Å². The van der Waals surface area contributed by atoms with E-state index in [4.69, 9.17) is 5.41 Å². The van der Waals surface area contributed by atoms with Crippen LogP contribution in [0.15, 0.2) is 0 Å². The van der Waals surface area contributed by atoms with E-state index in [-0.39, 0.29) is 17.5 Å². The number of hydrogen-bond donors (Lipinski definition) is 3. The topological polar surface area (TPSA) is 68.2 Å². The third-order valence-electron chi connectivity index (χ3n) is 4.48. The van der Waals surface area contributed by atoms with Crippen LogP contribution in [0, 0.1) is 11.3 Å². The molecule has 110 valence electrons. The molecule has 0 aromatic rings. The van der Waals surface area contributed by atoms with Crippen molar-refractivity contribution in [3.05, 3.63) is 0 Å². The average Bonchev–Trinajstić information content (AvgIpc) is 2.46. The molecule has 0 heterocycles. The maximum absolute atomic E-state index is 12.0. The van der Waals surface area contributed by atoms with Gasteiger partial charge in [0, 0.05) is 12.3 Å². The van der Waals surface area contributed by atoms with Gasteiger partial charge in [-0.05, 0) is 46.3 Å². The predicted molar refractivity (Wildman–Crippen MR) is 78.2 cm³/mol. The predicted octanol–water partition coefficient (Wildman–Crippen LogP) is 1.55. The van der Waals surface area contributed by atoms with Crippen LogP contribution in [0.5, 0.6) is 0 Å². The lowest BCUT2D eigenvalue weighted by molar-refractivity contribution is -0.125. The summed E-state index contributed by atoms with van der Waals surface area (Å²) in [6.07, 6.45) is 4.30. The summed E-state index contributed by atoms with van der Waals surface area (Å²) in [5.41, 5.74) is 0.0315. The highest BCUT2D eigenvalue weighted by atomic mass is 16.1. The van der Waals surface area contributed by atoms with E-state index in [0.717, 1.165) is 32.2 Å². The van der Waals surface area contributed by atoms with E-state index in [2.05, 4.69) is 29.5 Å². The number of hydrogen-bond acceptors (Lipinski definition) is 4. The summed E-state index contributed by atoms with van der Waals surface area (Å²) in [5.74, 6) is 0.399. The zero-order valence-electron chi connectivity index (χ0n) is 12.7. The summed E-state index contributed by atoms with van der Waals surface area (Å²) in [5, 5.41) is 13.7. The van der Waals surface area contributed by atoms with Crippen LogP contribution in [0.25, 0.3) is 0 Å². The zero-order valence-corrected chi connectivity index (χ0v) is 12.7. The van der Waals surface area contributed by atoms with Crippen LogP contribution >= 0.6 is 0 Å². The van der Waals surface area contributed by atoms with Crippen molar-refractivity contribution in [1.82, 2.24) is 15.5 Å². The highest BCUT2D eigenvalue weighted by Crippen LogP contribution is 2.33. The number of amides is 1. The minimum Gasteiger partial charge on any atom is -0.314 e. The molecule has 0 unspecified atom stereocenters. The van der Waals surface area contributed by atoms with Gasteiger partial charge in [0.25, 0.3) is 0 Å². The first-order valence-corrected chi connectivity index (χ1v) is 7.27. The van der Waals surface area contributed by atoms with E-state index >= 15 is 0 Å². The summed E-state index contributed by atoms with van der Waals surface area (Å²) in [6, 6.07) is 0. The van der Waals surface area contributed by atoms with Gasteiger partial charge in [0.05, 0.1) is 11.5 Å². The first kappa shape index (κ1) is 16.1. The van der Waals surface area contributed by atoms with Crippen molar-refractivity contribution in [2.45, 2.75) is 51.6 Å². The normalized spacial score (nSPS) is 27.3. The molecule has 0 aromatic carbocycles. The molecular weight excluding hydrogens is 240 g/mol. The molecule has 1 aliphatic rings. The van der Waals surface area contributed by atoms with Gasteiger partial charge in [0.15, 0.2) is 0 Å². The van der Waals surface area contributed by atoms with Crippen LogP contribution < -0.4 is 10.6 Å². The fourth-order valence-electron chi connectivity index (χ4n) is 2.82. The second kappa shape index (κ2) is 7.01. The molecule has 3 N–H and O–H groups in total. The van der Waals surface area contributed by atoms with E-state index in [9.17, 15) is 4.79 Å². The van der Waals surface area contributed by atoms with Gasteiger partial charge in [-0.1, -0.05) is 13.8 Å². The van der Waals surface area contributed by atoms with Crippen LogP contribution in [-0.4, -0.2) is 42.9 Å². The van der Waals surface area contributed by atoms with Crippen molar-refractivity contribution in [2.75, 3.05) is 20.6 Å². The number of nitrogens with zero attached hydrogens (tertiary/aromatic N) is 1. The molecular formula is C14H28N4O. The fraction of sp³-hybridized carbons (Fsp3) is 0.857. The van der Waals surface area contributed by atoms with E-state index in [1.807, 2.05) is 14.0 Å². The highest BCUT2D eigenvalue weighted by molar-refractivity contribution is 5.97. The van der Waals surface area contributed by atoms with Crippen molar-refractivity contribution in [2.24, 2.45) is 5.92 Å². The molecule has 5 nitrogen and oxygen atoms in total. The van der Waals surface area contributed by atoms with Gasteiger partial charge in [0.1, 0.15) is 0 Å². The van der Waals surface area contributed by atoms with Gasteiger partial charge in [-0.25, -0.2) is 0 Å². The van der Waals surface area contributed by atoms with E-state index in [1.54, 1.807) is 0 Å². The zero-order chi connectivity index (χ0) is 14.5. The lowest BCUT2D eigenvalue weighted by atomic mass is 9.80. The summed E-state index contributed by atoms with van der Waals surface area (Å²) < 4.78 is 0. The monoisotopic (exact) mass is 268 g/mol. The Morgan fingerprint density at radius 2 is 1.95 bits per heavy atom. The van der Waals surface area contributed by atoms with Gasteiger partial charge in [-0.2, -0.15) is 0 Å². The quantitative estimate of drug-likeness (QED) is 0.402. The first-order chi connectivity index (χ1) is 8.99. The smallest absolute Gasteiger partial charge is 0.228 e. The Kier molecular flexibility index (Phi) is 5.94. The Morgan fingerprint density at radius 1 is 1.37 bits per heavy atom. The molecule has 0 atom stereocenters. The molecule has 1 amide bonds. The van der Waals surface area contributed by atoms with E-state index in [0.29, 0.717) is 12.3 Å². The Balaban J connectivity index is 2.56. The standard InChI is InChI=1S/C14H28N4O/c1-5-12(15)17-13(19)11-7-9-14(16-3,10-8-11)18(4)6-2/h11,16H,5-10H2,1-4H3,(H2,15,17,19). The summed E-state index contributed by atoms with van der Waals surface area (Å²) in [7, 11) is 4.13. The van der Waals surface area contributed by atoms with Crippen LogP contribution in [0.3, 0.4) is 0 Å². The van der Waals surface area contributed by atoms with Crippen molar-refractivity contribution >= 4 is 11.7 Å². The fourth-order valence-corrected chi connectivity index (χ4v) is 2.82. The molecule has 1 rings (SSSR count). The molecule has 19 heavy (non-hydrogen) atoms. The molecule has 0 saturated heterocycles. The Bertz CT molecular complexity index is 321. The summed E-state index contributed by atoms with van der Waals surface area (Å²) in [6.45, 7) is 5.03. The lowest BCUT2D eigenvalue weighted by Crippen LogP contribution is -2.58. The second-order valence-electron chi connectivity index (χ2n) is 5.39. The number of nitrogens with one attached hydrogen (secondary N) is 3. The molecule has 0 bridgehead atoms. The average molecular weight is 268 g/mol. The Morgan fingerprint density at radius 3 is 2.37 bits per heavy atom. The Labute approximate surface area is 116 Å². The van der Waals surface area contributed by atoms with Gasteiger partial charge < -0.3 is 10.6 Å². The molecule has 1 saturated carbocycles. The minimum atomic E-state index is 0.0238. The van der Waals surface area contributed by atoms with Crippen LogP contribution in [-0.2, 0) is 4.79 Å². The van der Waals surface area contributed by atoms with Crippen molar-refractivity contribution in [3.63, 3.8) is 0 Å². The molecule has 0 spiro atoms. The molecule has 0 radical (unpaired) electrons. The lowest BCUT2D eigenvalue weighted by Gasteiger charge is -2.45. The van der Waals surface area contributed by atoms with Crippen LogP contribution in [0.1, 0.15) is 46.0 Å². The van der Waals surface area contributed by atoms with Crippen molar-refractivity contribution in [1.29, 1.82) is 5.41 Å². The maximum atomic E-state index is 12.0. The Hall–Kier alpha value is -0.940. The molecule has 5 heteroatoms. The third kappa shape index (κ3) is 3.76. The first-order valence-electron chi connectivity index (χ1n) is 7.27. The minimum absolute atomic E-state index is 0.0238. The third-order valence-corrected chi connectivity index (χ3v) is 4.48. The summed E-state index contributed by atoms with van der Waals surface area (Å²) in [4.78, 5) is 14.3. The molecule has 0 aromatic heterocycles. The van der Waals surface area contributed by atoms with Crippen LogP contribution in [0.4, 0.5) is 0 Å². The highest BCUT2D eigenvalue weighted by Gasteiger charge is 2.38. The van der Waals surface area contributed by atoms with E-state index in [1.165, 1.54) is 0 Å². The molecule has 0 aliphatic heterocycles. The number of rotatable bonds is 5. The van der Waals surface area contributed by atoms with Crippen molar-refractivity contribution < 1.29 is 4.79 Å². The number of carbonyl (C=O) groups excluding carboxylic acids is 1. The number of carbonyl (C=O) groups is 1. The maximum Gasteiger partial charge on any atom is 0.228 e.